The van der Waals surface area contributed by atoms with Crippen molar-refractivity contribution >= 4 is 22.7 Å². The van der Waals surface area contributed by atoms with Crippen molar-refractivity contribution in [2.24, 2.45) is 0 Å². The summed E-state index contributed by atoms with van der Waals surface area (Å²) in [7, 11) is 1.37. The van der Waals surface area contributed by atoms with Gasteiger partial charge in [0, 0.05) is 19.9 Å². The lowest BCUT2D eigenvalue weighted by Crippen LogP contribution is -2.39. The predicted octanol–water partition coefficient (Wildman–Crippen LogP) is 1.74. The van der Waals surface area contributed by atoms with Crippen molar-refractivity contribution in [3.63, 3.8) is 0 Å². The summed E-state index contributed by atoms with van der Waals surface area (Å²) in [5, 5.41) is 5.31. The van der Waals surface area contributed by atoms with Gasteiger partial charge in [-0.05, 0) is 29.8 Å². The number of fused-ring (bicyclic) bond motifs is 1. The van der Waals surface area contributed by atoms with Gasteiger partial charge in [-0.25, -0.2) is 13.8 Å². The Morgan fingerprint density at radius 2 is 1.90 bits per heavy atom. The van der Waals surface area contributed by atoms with Crippen molar-refractivity contribution in [3.05, 3.63) is 75.8 Å². The van der Waals surface area contributed by atoms with Crippen LogP contribution >= 0.6 is 0 Å². The fourth-order valence-corrected chi connectivity index (χ4v) is 2.85. The second-order valence-corrected chi connectivity index (χ2v) is 6.32. The second kappa shape index (κ2) is 8.59. The fourth-order valence-electron chi connectivity index (χ4n) is 2.85. The van der Waals surface area contributed by atoms with Crippen LogP contribution in [0.15, 0.2) is 47.3 Å². The number of aromatic amines is 1. The Hall–Kier alpha value is -3.62. The molecular weight excluding hydrogens is 382 g/mol. The molecule has 0 aliphatic carbocycles. The lowest BCUT2D eigenvalue weighted by atomic mass is 10.1. The molecule has 3 aromatic rings. The maximum atomic E-state index is 13.5. The smallest absolute Gasteiger partial charge is 0.258 e. The van der Waals surface area contributed by atoms with E-state index in [1.807, 2.05) is 0 Å². The highest BCUT2D eigenvalue weighted by molar-refractivity contribution is 5.88. The van der Waals surface area contributed by atoms with Crippen LogP contribution in [0.1, 0.15) is 23.9 Å². The molecular formula is C20H18F2N4O3. The van der Waals surface area contributed by atoms with E-state index in [1.54, 1.807) is 24.3 Å². The van der Waals surface area contributed by atoms with Gasteiger partial charge in [-0.2, -0.15) is 0 Å². The molecule has 0 saturated carbocycles. The van der Waals surface area contributed by atoms with E-state index in [1.165, 1.54) is 13.1 Å². The van der Waals surface area contributed by atoms with Crippen LogP contribution < -0.4 is 16.2 Å². The van der Waals surface area contributed by atoms with Crippen LogP contribution in [-0.2, 0) is 16.0 Å². The Kier molecular flexibility index (Phi) is 5.96. The van der Waals surface area contributed by atoms with Crippen LogP contribution in [0.2, 0.25) is 0 Å². The quantitative estimate of drug-likeness (QED) is 0.586. The largest absolute Gasteiger partial charge is 0.357 e. The van der Waals surface area contributed by atoms with Crippen LogP contribution in [0.3, 0.4) is 0 Å². The average molecular weight is 400 g/mol. The van der Waals surface area contributed by atoms with Crippen LogP contribution in [0.4, 0.5) is 8.78 Å². The van der Waals surface area contributed by atoms with Crippen molar-refractivity contribution in [1.82, 2.24) is 20.6 Å². The van der Waals surface area contributed by atoms with Crippen molar-refractivity contribution in [1.29, 1.82) is 0 Å². The molecule has 0 saturated heterocycles. The van der Waals surface area contributed by atoms with Gasteiger partial charge in [0.1, 0.15) is 11.9 Å². The zero-order chi connectivity index (χ0) is 21.0. The number of H-pyrrole nitrogens is 1. The van der Waals surface area contributed by atoms with E-state index in [0.717, 1.165) is 12.1 Å². The summed E-state index contributed by atoms with van der Waals surface area (Å²) in [6.45, 7) is 0. The third kappa shape index (κ3) is 4.63. The molecule has 3 rings (SSSR count). The monoisotopic (exact) mass is 400 g/mol. The Morgan fingerprint density at radius 1 is 1.14 bits per heavy atom. The van der Waals surface area contributed by atoms with Gasteiger partial charge in [0.25, 0.3) is 5.56 Å². The van der Waals surface area contributed by atoms with Crippen molar-refractivity contribution in [2.75, 3.05) is 7.05 Å². The maximum Gasteiger partial charge on any atom is 0.258 e. The molecule has 0 radical (unpaired) electrons. The van der Waals surface area contributed by atoms with Gasteiger partial charge < -0.3 is 15.6 Å². The molecule has 9 heteroatoms. The number of aryl methyl sites for hydroxylation is 1. The first kappa shape index (κ1) is 20.1. The summed E-state index contributed by atoms with van der Waals surface area (Å²) in [6.07, 6.45) is 0.0581. The summed E-state index contributed by atoms with van der Waals surface area (Å²) < 4.78 is 26.7. The standard InChI is InChI=1S/C20H18F2N4O3/c1-23-20(29)18(11-6-7-13(21)14(22)10-11)26-17(27)9-8-16-24-15-5-3-2-4-12(15)19(28)25-16/h2-7,10,18H,8-9H2,1H3,(H,23,29)(H,26,27)(H,24,25,28). The number of aromatic nitrogens is 2. The number of carbonyl (C=O) groups excluding carboxylic acids is 2. The molecule has 1 aromatic heterocycles. The summed E-state index contributed by atoms with van der Waals surface area (Å²) in [5.41, 5.74) is 0.307. The highest BCUT2D eigenvalue weighted by atomic mass is 19.2. The third-order valence-electron chi connectivity index (χ3n) is 4.34. The van der Waals surface area contributed by atoms with E-state index in [0.29, 0.717) is 16.7 Å². The first-order valence-electron chi connectivity index (χ1n) is 8.83. The SMILES string of the molecule is CNC(=O)C(NC(=O)CCc1nc2ccccc2c(=O)[nH]1)c1ccc(F)c(F)c1. The summed E-state index contributed by atoms with van der Waals surface area (Å²) in [5.74, 6) is -2.94. The van der Waals surface area contributed by atoms with Crippen molar-refractivity contribution in [2.45, 2.75) is 18.9 Å². The number of rotatable bonds is 6. The number of carbonyl (C=O) groups is 2. The summed E-state index contributed by atoms with van der Waals surface area (Å²) >= 11 is 0. The van der Waals surface area contributed by atoms with E-state index in [4.69, 9.17) is 0 Å². The van der Waals surface area contributed by atoms with Crippen LogP contribution in [0.25, 0.3) is 10.9 Å². The van der Waals surface area contributed by atoms with E-state index in [-0.39, 0.29) is 24.0 Å². The molecule has 0 aliphatic rings. The fraction of sp³-hybridized carbons (Fsp3) is 0.200. The Bertz CT molecular complexity index is 1130. The molecule has 0 aliphatic heterocycles. The van der Waals surface area contributed by atoms with Crippen LogP contribution in [0, 0.1) is 11.6 Å². The Morgan fingerprint density at radius 3 is 2.62 bits per heavy atom. The molecule has 0 spiro atoms. The number of benzene rings is 2. The summed E-state index contributed by atoms with van der Waals surface area (Å²) in [6, 6.07) is 8.60. The van der Waals surface area contributed by atoms with Gasteiger partial charge in [-0.3, -0.25) is 14.4 Å². The molecule has 1 heterocycles. The summed E-state index contributed by atoms with van der Waals surface area (Å²) in [4.78, 5) is 43.5. The number of halogens is 2. The maximum absolute atomic E-state index is 13.5. The number of nitrogens with one attached hydrogen (secondary N) is 3. The predicted molar refractivity (Wildman–Crippen MR) is 102 cm³/mol. The molecule has 1 unspecified atom stereocenters. The number of para-hydroxylation sites is 1. The van der Waals surface area contributed by atoms with Gasteiger partial charge in [0.2, 0.25) is 11.8 Å². The number of nitrogens with zero attached hydrogens (tertiary/aromatic N) is 1. The normalized spacial score (nSPS) is 11.8. The van der Waals surface area contributed by atoms with E-state index < -0.39 is 29.5 Å². The molecule has 2 amide bonds. The zero-order valence-corrected chi connectivity index (χ0v) is 15.5. The van der Waals surface area contributed by atoms with Crippen molar-refractivity contribution in [3.8, 4) is 0 Å². The first-order valence-corrected chi connectivity index (χ1v) is 8.83. The molecule has 150 valence electrons. The van der Waals surface area contributed by atoms with Gasteiger partial charge in [0.05, 0.1) is 10.9 Å². The van der Waals surface area contributed by atoms with E-state index >= 15 is 0 Å². The van der Waals surface area contributed by atoms with Crippen LogP contribution in [0.5, 0.6) is 0 Å². The zero-order valence-electron chi connectivity index (χ0n) is 15.5. The highest BCUT2D eigenvalue weighted by Gasteiger charge is 2.23. The van der Waals surface area contributed by atoms with Gasteiger partial charge in [-0.15, -0.1) is 0 Å². The first-order chi connectivity index (χ1) is 13.9. The molecule has 0 fully saturated rings. The van der Waals surface area contributed by atoms with Crippen molar-refractivity contribution < 1.29 is 18.4 Å². The van der Waals surface area contributed by atoms with Gasteiger partial charge in [0.15, 0.2) is 11.6 Å². The van der Waals surface area contributed by atoms with Gasteiger partial charge >= 0.3 is 0 Å². The minimum atomic E-state index is -1.19. The van der Waals surface area contributed by atoms with Crippen LogP contribution in [-0.4, -0.2) is 28.8 Å². The molecule has 1 atom stereocenters. The lowest BCUT2D eigenvalue weighted by Gasteiger charge is -2.18. The third-order valence-corrected chi connectivity index (χ3v) is 4.34. The number of amides is 2. The number of likely N-dealkylation sites (N-methyl/N-ethyl adjacent to an activating group) is 1. The van der Waals surface area contributed by atoms with Gasteiger partial charge in [-0.1, -0.05) is 18.2 Å². The molecule has 7 nitrogen and oxygen atoms in total. The molecule has 29 heavy (non-hydrogen) atoms. The number of hydrogen-bond donors (Lipinski definition) is 3. The average Bonchev–Trinajstić information content (AvgIpc) is 2.72. The lowest BCUT2D eigenvalue weighted by molar-refractivity contribution is -0.128. The number of hydrogen-bond acceptors (Lipinski definition) is 4. The van der Waals surface area contributed by atoms with E-state index in [9.17, 15) is 23.2 Å². The highest BCUT2D eigenvalue weighted by Crippen LogP contribution is 2.17. The molecule has 2 aromatic carbocycles. The topological polar surface area (TPSA) is 104 Å². The minimum Gasteiger partial charge on any atom is -0.357 e. The molecule has 3 N–H and O–H groups in total. The van der Waals surface area contributed by atoms with E-state index in [2.05, 4.69) is 20.6 Å². The second-order valence-electron chi connectivity index (χ2n) is 6.32. The Balaban J connectivity index is 1.73. The molecule has 0 bridgehead atoms. The Labute approximate surface area is 164 Å². The minimum absolute atomic E-state index is 0.0710.